The molecular formula is C26H23NO6. The Labute approximate surface area is 191 Å². The lowest BCUT2D eigenvalue weighted by atomic mass is 10.0. The molecule has 33 heavy (non-hydrogen) atoms. The van der Waals surface area contributed by atoms with Gasteiger partial charge >= 0.3 is 11.9 Å². The van der Waals surface area contributed by atoms with Gasteiger partial charge in [0.2, 0.25) is 0 Å². The first kappa shape index (κ1) is 23.4. The van der Waals surface area contributed by atoms with Crippen molar-refractivity contribution in [2.75, 3.05) is 5.32 Å². The first-order valence-electron chi connectivity index (χ1n) is 10.3. The van der Waals surface area contributed by atoms with Gasteiger partial charge in [-0.25, -0.2) is 4.79 Å². The Morgan fingerprint density at radius 3 is 1.94 bits per heavy atom. The molecule has 0 fully saturated rings. The zero-order chi connectivity index (χ0) is 24.0. The van der Waals surface area contributed by atoms with E-state index in [0.717, 1.165) is 11.1 Å². The van der Waals surface area contributed by atoms with E-state index in [1.54, 1.807) is 72.8 Å². The molecule has 0 heterocycles. The second kappa shape index (κ2) is 10.4. The Bertz CT molecular complexity index is 1180. The van der Waals surface area contributed by atoms with Gasteiger partial charge in [-0.1, -0.05) is 36.4 Å². The van der Waals surface area contributed by atoms with Crippen LogP contribution in [0.15, 0.2) is 72.8 Å². The molecule has 0 bridgehead atoms. The minimum atomic E-state index is -1.06. The van der Waals surface area contributed by atoms with Gasteiger partial charge in [-0.15, -0.1) is 0 Å². The lowest BCUT2D eigenvalue weighted by Crippen LogP contribution is -2.30. The fourth-order valence-corrected chi connectivity index (χ4v) is 3.10. The third-order valence-electron chi connectivity index (χ3n) is 4.79. The first-order valence-corrected chi connectivity index (χ1v) is 10.3. The van der Waals surface area contributed by atoms with Crippen LogP contribution in [0.3, 0.4) is 0 Å². The number of anilines is 1. The van der Waals surface area contributed by atoms with Crippen molar-refractivity contribution in [1.29, 1.82) is 0 Å². The van der Waals surface area contributed by atoms with Gasteiger partial charge in [0.1, 0.15) is 5.75 Å². The molecule has 0 saturated carbocycles. The number of hydrogen-bond acceptors (Lipinski definition) is 6. The number of nitrogens with one attached hydrogen (secondary N) is 1. The molecule has 0 radical (unpaired) electrons. The second-order valence-electron chi connectivity index (χ2n) is 7.33. The molecule has 0 aliphatic carbocycles. The van der Waals surface area contributed by atoms with Gasteiger partial charge in [-0.3, -0.25) is 14.4 Å². The molecule has 168 valence electrons. The molecule has 1 amide bonds. The van der Waals surface area contributed by atoms with E-state index in [1.165, 1.54) is 20.8 Å². The van der Waals surface area contributed by atoms with Gasteiger partial charge in [-0.2, -0.15) is 0 Å². The van der Waals surface area contributed by atoms with Crippen molar-refractivity contribution in [2.24, 2.45) is 0 Å². The number of carbonyl (C=O) groups is 4. The summed E-state index contributed by atoms with van der Waals surface area (Å²) >= 11 is 0. The maximum absolute atomic E-state index is 12.5. The average molecular weight is 445 g/mol. The number of benzene rings is 3. The lowest BCUT2D eigenvalue weighted by molar-refractivity contribution is -0.131. The molecule has 0 aliphatic rings. The van der Waals surface area contributed by atoms with E-state index in [4.69, 9.17) is 9.47 Å². The number of carbonyl (C=O) groups excluding carboxylic acids is 4. The molecule has 1 unspecified atom stereocenters. The minimum Gasteiger partial charge on any atom is -0.449 e. The Balaban J connectivity index is 1.62. The molecule has 0 spiro atoms. The summed E-state index contributed by atoms with van der Waals surface area (Å²) in [7, 11) is 0. The van der Waals surface area contributed by atoms with Crippen LogP contribution in [-0.4, -0.2) is 29.7 Å². The number of rotatable bonds is 7. The fraction of sp³-hybridized carbons (Fsp3) is 0.154. The summed E-state index contributed by atoms with van der Waals surface area (Å²) in [5.74, 6) is -1.31. The maximum atomic E-state index is 12.5. The molecule has 0 aliphatic heterocycles. The van der Waals surface area contributed by atoms with Crippen molar-refractivity contribution in [3.63, 3.8) is 0 Å². The standard InChI is InChI=1S/C26H23NO6/c1-16(28)23-6-4-5-7-24(23)27-25(30)17(2)32-26(31)21-10-8-19(9-11-21)20-12-14-22(15-13-20)33-18(3)29/h4-15,17H,1-3H3,(H,27,30). The molecule has 1 N–H and O–H groups in total. The van der Waals surface area contributed by atoms with E-state index < -0.39 is 23.9 Å². The monoisotopic (exact) mass is 445 g/mol. The molecule has 0 saturated heterocycles. The van der Waals surface area contributed by atoms with Crippen LogP contribution < -0.4 is 10.1 Å². The summed E-state index contributed by atoms with van der Waals surface area (Å²) in [4.78, 5) is 47.7. The van der Waals surface area contributed by atoms with Crippen molar-refractivity contribution in [2.45, 2.75) is 26.9 Å². The molecule has 7 nitrogen and oxygen atoms in total. The molecule has 0 aromatic heterocycles. The molecule has 3 rings (SSSR count). The number of Topliss-reactive ketones (excluding diaryl/α,β-unsaturated/α-hetero) is 1. The van der Waals surface area contributed by atoms with Crippen molar-refractivity contribution in [3.8, 4) is 16.9 Å². The van der Waals surface area contributed by atoms with Crippen LogP contribution in [0.5, 0.6) is 5.75 Å². The quantitative estimate of drug-likeness (QED) is 0.322. The normalized spacial score (nSPS) is 11.2. The van der Waals surface area contributed by atoms with Crippen molar-refractivity contribution < 1.29 is 28.7 Å². The fourth-order valence-electron chi connectivity index (χ4n) is 3.10. The highest BCUT2D eigenvalue weighted by Crippen LogP contribution is 2.23. The van der Waals surface area contributed by atoms with Gasteiger partial charge in [-0.05, 0) is 61.4 Å². The summed E-state index contributed by atoms with van der Waals surface area (Å²) in [6, 6.07) is 20.3. The SMILES string of the molecule is CC(=O)Oc1ccc(-c2ccc(C(=O)OC(C)C(=O)Nc3ccccc3C(C)=O)cc2)cc1. The van der Waals surface area contributed by atoms with E-state index in [1.807, 2.05) is 0 Å². The smallest absolute Gasteiger partial charge is 0.338 e. The van der Waals surface area contributed by atoms with Gasteiger partial charge in [0.15, 0.2) is 11.9 Å². The summed E-state index contributed by atoms with van der Waals surface area (Å²) in [6.45, 7) is 4.20. The van der Waals surface area contributed by atoms with Crippen LogP contribution in [0.25, 0.3) is 11.1 Å². The summed E-state index contributed by atoms with van der Waals surface area (Å²) in [6.07, 6.45) is -1.06. The molecule has 1 atom stereocenters. The van der Waals surface area contributed by atoms with Crippen molar-refractivity contribution in [1.82, 2.24) is 0 Å². The van der Waals surface area contributed by atoms with Crippen LogP contribution >= 0.6 is 0 Å². The highest BCUT2D eigenvalue weighted by Gasteiger charge is 2.20. The average Bonchev–Trinajstić information content (AvgIpc) is 2.79. The Kier molecular flexibility index (Phi) is 7.35. The number of ether oxygens (including phenoxy) is 2. The molecule has 7 heteroatoms. The number of hydrogen-bond donors (Lipinski definition) is 1. The minimum absolute atomic E-state index is 0.184. The van der Waals surface area contributed by atoms with Crippen molar-refractivity contribution >= 4 is 29.3 Å². The van der Waals surface area contributed by atoms with E-state index in [-0.39, 0.29) is 5.78 Å². The predicted molar refractivity (Wildman–Crippen MR) is 123 cm³/mol. The number of amides is 1. The summed E-state index contributed by atoms with van der Waals surface area (Å²) in [5.41, 5.74) is 2.76. The Morgan fingerprint density at radius 1 is 0.788 bits per heavy atom. The third kappa shape index (κ3) is 6.13. The van der Waals surface area contributed by atoms with E-state index in [0.29, 0.717) is 22.6 Å². The van der Waals surface area contributed by atoms with Gasteiger partial charge in [0.25, 0.3) is 5.91 Å². The molecule has 3 aromatic rings. The van der Waals surface area contributed by atoms with E-state index >= 15 is 0 Å². The van der Waals surface area contributed by atoms with Crippen LogP contribution in [0.4, 0.5) is 5.69 Å². The van der Waals surface area contributed by atoms with E-state index in [9.17, 15) is 19.2 Å². The zero-order valence-electron chi connectivity index (χ0n) is 18.5. The van der Waals surface area contributed by atoms with Crippen molar-refractivity contribution in [3.05, 3.63) is 83.9 Å². The van der Waals surface area contributed by atoms with Crippen LogP contribution in [0.1, 0.15) is 41.5 Å². The van der Waals surface area contributed by atoms with E-state index in [2.05, 4.69) is 5.32 Å². The highest BCUT2D eigenvalue weighted by molar-refractivity contribution is 6.05. The summed E-state index contributed by atoms with van der Waals surface area (Å²) < 4.78 is 10.3. The Hall–Kier alpha value is -4.26. The second-order valence-corrected chi connectivity index (χ2v) is 7.33. The zero-order valence-corrected chi connectivity index (χ0v) is 18.5. The van der Waals surface area contributed by atoms with Crippen LogP contribution in [0.2, 0.25) is 0 Å². The largest absolute Gasteiger partial charge is 0.449 e. The van der Waals surface area contributed by atoms with Gasteiger partial charge < -0.3 is 14.8 Å². The first-order chi connectivity index (χ1) is 15.7. The van der Waals surface area contributed by atoms with Gasteiger partial charge in [0, 0.05) is 12.5 Å². The predicted octanol–water partition coefficient (Wildman–Crippen LogP) is 4.67. The third-order valence-corrected chi connectivity index (χ3v) is 4.79. The number of ketones is 1. The molecular weight excluding hydrogens is 422 g/mol. The Morgan fingerprint density at radius 2 is 1.36 bits per heavy atom. The summed E-state index contributed by atoms with van der Waals surface area (Å²) in [5, 5.41) is 2.63. The maximum Gasteiger partial charge on any atom is 0.338 e. The number of esters is 2. The van der Waals surface area contributed by atoms with Crippen LogP contribution in [0, 0.1) is 0 Å². The molecule has 3 aromatic carbocycles. The lowest BCUT2D eigenvalue weighted by Gasteiger charge is -2.15. The highest BCUT2D eigenvalue weighted by atomic mass is 16.5. The van der Waals surface area contributed by atoms with Gasteiger partial charge in [0.05, 0.1) is 11.3 Å². The topological polar surface area (TPSA) is 98.8 Å². The number of para-hydroxylation sites is 1. The van der Waals surface area contributed by atoms with Crippen LogP contribution in [-0.2, 0) is 14.3 Å².